The molecule has 0 saturated heterocycles. The lowest BCUT2D eigenvalue weighted by Crippen LogP contribution is -2.19. The van der Waals surface area contributed by atoms with E-state index in [-0.39, 0.29) is 0 Å². The van der Waals surface area contributed by atoms with E-state index < -0.39 is 0 Å². The van der Waals surface area contributed by atoms with Gasteiger partial charge in [-0.15, -0.1) is 0 Å². The Labute approximate surface area is 131 Å². The van der Waals surface area contributed by atoms with Crippen molar-refractivity contribution in [3.8, 4) is 0 Å². The molecule has 120 valence electrons. The summed E-state index contributed by atoms with van der Waals surface area (Å²) in [7, 11) is 1.67. The number of ether oxygens (including phenoxy) is 1. The number of hydrogen-bond acceptors (Lipinski definition) is 5. The van der Waals surface area contributed by atoms with Gasteiger partial charge in [-0.1, -0.05) is 25.7 Å². The van der Waals surface area contributed by atoms with E-state index in [1.807, 2.05) is 6.07 Å². The molecule has 2 heterocycles. The molecule has 6 heteroatoms. The summed E-state index contributed by atoms with van der Waals surface area (Å²) in [5.41, 5.74) is 0.869. The Balaban J connectivity index is 1.67. The molecule has 1 saturated carbocycles. The van der Waals surface area contributed by atoms with Gasteiger partial charge < -0.3 is 10.1 Å². The monoisotopic (exact) mass is 303 g/mol. The minimum Gasteiger partial charge on any atom is -0.378 e. The van der Waals surface area contributed by atoms with Crippen LogP contribution in [0.1, 0.15) is 51.1 Å². The Morgan fingerprint density at radius 3 is 3.00 bits per heavy atom. The summed E-state index contributed by atoms with van der Waals surface area (Å²) in [6, 6.07) is 2.41. The lowest BCUT2D eigenvalue weighted by molar-refractivity contribution is 0.181. The maximum atomic E-state index is 5.18. The van der Waals surface area contributed by atoms with Crippen LogP contribution >= 0.6 is 0 Å². The van der Waals surface area contributed by atoms with Gasteiger partial charge in [-0.2, -0.15) is 14.6 Å². The van der Waals surface area contributed by atoms with Gasteiger partial charge in [0, 0.05) is 19.2 Å². The average molecular weight is 303 g/mol. The number of nitrogens with one attached hydrogen (secondary N) is 1. The summed E-state index contributed by atoms with van der Waals surface area (Å²) in [6.07, 6.45) is 9.68. The molecule has 0 amide bonds. The van der Waals surface area contributed by atoms with Crippen molar-refractivity contribution in [1.29, 1.82) is 0 Å². The third-order valence-corrected chi connectivity index (χ3v) is 4.47. The van der Waals surface area contributed by atoms with E-state index in [0.717, 1.165) is 17.4 Å². The standard InChI is InChI=1S/C16H25N5O/c1-12(7-8-13-5-3-4-6-13)19-15-9-14(10-22-2)20-16-17-11-18-21(15)16/h9,11-13,19H,3-8,10H2,1-2H3. The van der Waals surface area contributed by atoms with Crippen molar-refractivity contribution in [3.63, 3.8) is 0 Å². The predicted molar refractivity (Wildman–Crippen MR) is 85.8 cm³/mol. The zero-order chi connectivity index (χ0) is 15.4. The van der Waals surface area contributed by atoms with Gasteiger partial charge in [0.1, 0.15) is 12.1 Å². The third-order valence-electron chi connectivity index (χ3n) is 4.47. The van der Waals surface area contributed by atoms with Gasteiger partial charge in [0.05, 0.1) is 12.3 Å². The molecule has 6 nitrogen and oxygen atoms in total. The van der Waals surface area contributed by atoms with Gasteiger partial charge in [0.2, 0.25) is 0 Å². The van der Waals surface area contributed by atoms with Crippen molar-refractivity contribution < 1.29 is 4.74 Å². The minimum absolute atomic E-state index is 0.408. The molecule has 3 rings (SSSR count). The molecule has 1 N–H and O–H groups in total. The smallest absolute Gasteiger partial charge is 0.254 e. The van der Waals surface area contributed by atoms with Crippen molar-refractivity contribution in [3.05, 3.63) is 18.1 Å². The zero-order valence-corrected chi connectivity index (χ0v) is 13.5. The van der Waals surface area contributed by atoms with Crippen LogP contribution in [0.4, 0.5) is 5.82 Å². The first-order valence-electron chi connectivity index (χ1n) is 8.21. The van der Waals surface area contributed by atoms with Crippen LogP contribution < -0.4 is 5.32 Å². The van der Waals surface area contributed by atoms with E-state index in [0.29, 0.717) is 18.4 Å². The van der Waals surface area contributed by atoms with Crippen LogP contribution in [0.25, 0.3) is 5.78 Å². The Hall–Kier alpha value is -1.69. The highest BCUT2D eigenvalue weighted by Crippen LogP contribution is 2.29. The van der Waals surface area contributed by atoms with Gasteiger partial charge in [-0.05, 0) is 25.7 Å². The highest BCUT2D eigenvalue weighted by atomic mass is 16.5. The van der Waals surface area contributed by atoms with Crippen LogP contribution in [0.15, 0.2) is 12.4 Å². The van der Waals surface area contributed by atoms with E-state index in [1.165, 1.54) is 44.9 Å². The average Bonchev–Trinajstić information content (AvgIpc) is 3.16. The molecular formula is C16H25N5O. The van der Waals surface area contributed by atoms with Gasteiger partial charge >= 0.3 is 0 Å². The quantitative estimate of drug-likeness (QED) is 0.851. The fourth-order valence-corrected chi connectivity index (χ4v) is 3.30. The molecule has 0 aromatic carbocycles. The molecule has 1 aliphatic carbocycles. The van der Waals surface area contributed by atoms with Crippen LogP contribution in [0.5, 0.6) is 0 Å². The number of methoxy groups -OCH3 is 1. The van der Waals surface area contributed by atoms with Crippen molar-refractivity contribution in [2.45, 2.75) is 58.1 Å². The van der Waals surface area contributed by atoms with Crippen LogP contribution in [-0.2, 0) is 11.3 Å². The van der Waals surface area contributed by atoms with Crippen molar-refractivity contribution >= 4 is 11.6 Å². The van der Waals surface area contributed by atoms with Crippen LogP contribution in [0, 0.1) is 5.92 Å². The molecular weight excluding hydrogens is 278 g/mol. The number of nitrogens with zero attached hydrogens (tertiary/aromatic N) is 4. The largest absolute Gasteiger partial charge is 0.378 e. The third kappa shape index (κ3) is 3.55. The summed E-state index contributed by atoms with van der Waals surface area (Å²) in [5, 5.41) is 7.81. The summed E-state index contributed by atoms with van der Waals surface area (Å²) in [5.74, 6) is 2.48. The number of anilines is 1. The molecule has 1 fully saturated rings. The summed E-state index contributed by atoms with van der Waals surface area (Å²) in [4.78, 5) is 8.61. The molecule has 0 bridgehead atoms. The lowest BCUT2D eigenvalue weighted by Gasteiger charge is -2.18. The van der Waals surface area contributed by atoms with Gasteiger partial charge in [0.15, 0.2) is 0 Å². The summed E-state index contributed by atoms with van der Waals surface area (Å²) < 4.78 is 6.94. The van der Waals surface area contributed by atoms with Gasteiger partial charge in [0.25, 0.3) is 5.78 Å². The van der Waals surface area contributed by atoms with Crippen LogP contribution in [-0.4, -0.2) is 32.7 Å². The zero-order valence-electron chi connectivity index (χ0n) is 13.5. The van der Waals surface area contributed by atoms with Crippen LogP contribution in [0.3, 0.4) is 0 Å². The minimum atomic E-state index is 0.408. The van der Waals surface area contributed by atoms with Gasteiger partial charge in [-0.25, -0.2) is 4.98 Å². The SMILES string of the molecule is COCc1cc(NC(C)CCC2CCCC2)n2ncnc2n1. The van der Waals surface area contributed by atoms with Crippen molar-refractivity contribution in [2.24, 2.45) is 5.92 Å². The Bertz CT molecular complexity index is 606. The first kappa shape index (κ1) is 15.2. The van der Waals surface area contributed by atoms with Gasteiger partial charge in [-0.3, -0.25) is 0 Å². The van der Waals surface area contributed by atoms with Crippen LogP contribution in [0.2, 0.25) is 0 Å². The first-order chi connectivity index (χ1) is 10.8. The summed E-state index contributed by atoms with van der Waals surface area (Å²) in [6.45, 7) is 2.71. The van der Waals surface area contributed by atoms with E-state index in [4.69, 9.17) is 4.74 Å². The molecule has 0 aliphatic heterocycles. The molecule has 2 aromatic rings. The van der Waals surface area contributed by atoms with E-state index in [9.17, 15) is 0 Å². The molecule has 1 aliphatic rings. The Morgan fingerprint density at radius 2 is 2.23 bits per heavy atom. The second kappa shape index (κ2) is 7.05. The number of aromatic nitrogens is 4. The van der Waals surface area contributed by atoms with E-state index in [2.05, 4.69) is 27.3 Å². The number of hydrogen-bond donors (Lipinski definition) is 1. The highest BCUT2D eigenvalue weighted by molar-refractivity contribution is 5.45. The molecule has 22 heavy (non-hydrogen) atoms. The maximum Gasteiger partial charge on any atom is 0.254 e. The first-order valence-corrected chi connectivity index (χ1v) is 8.21. The fourth-order valence-electron chi connectivity index (χ4n) is 3.30. The lowest BCUT2D eigenvalue weighted by atomic mass is 9.99. The topological polar surface area (TPSA) is 64.3 Å². The molecule has 1 atom stereocenters. The molecule has 1 unspecified atom stereocenters. The number of fused-ring (bicyclic) bond motifs is 1. The Kier molecular flexibility index (Phi) is 4.87. The second-order valence-electron chi connectivity index (χ2n) is 6.31. The molecule has 0 radical (unpaired) electrons. The van der Waals surface area contributed by atoms with E-state index in [1.54, 1.807) is 11.6 Å². The molecule has 2 aromatic heterocycles. The normalized spacial score (nSPS) is 17.2. The van der Waals surface area contributed by atoms with E-state index >= 15 is 0 Å². The molecule has 0 spiro atoms. The summed E-state index contributed by atoms with van der Waals surface area (Å²) >= 11 is 0. The highest BCUT2D eigenvalue weighted by Gasteiger charge is 2.16. The fraction of sp³-hybridized carbons (Fsp3) is 0.688. The van der Waals surface area contributed by atoms with Crippen molar-refractivity contribution in [1.82, 2.24) is 19.6 Å². The van der Waals surface area contributed by atoms with Crippen molar-refractivity contribution in [2.75, 3.05) is 12.4 Å². The Morgan fingerprint density at radius 1 is 1.41 bits per heavy atom. The second-order valence-corrected chi connectivity index (χ2v) is 6.31. The maximum absolute atomic E-state index is 5.18. The number of rotatable bonds is 7. The predicted octanol–water partition coefficient (Wildman–Crippen LogP) is 3.04.